The van der Waals surface area contributed by atoms with Gasteiger partial charge in [-0.15, -0.1) is 0 Å². The molecule has 2 aromatic heterocycles. The predicted molar refractivity (Wildman–Crippen MR) is 80.6 cm³/mol. The summed E-state index contributed by atoms with van der Waals surface area (Å²) in [6.07, 6.45) is 1.28. The fourth-order valence-corrected chi connectivity index (χ4v) is 2.10. The molecule has 20 heavy (non-hydrogen) atoms. The van der Waals surface area contributed by atoms with Crippen molar-refractivity contribution >= 4 is 5.69 Å². The van der Waals surface area contributed by atoms with Crippen LogP contribution in [0.3, 0.4) is 0 Å². The minimum absolute atomic E-state index is 0.530. The Labute approximate surface area is 120 Å². The molecular weight excluding hydrogens is 250 g/mol. The molecule has 0 amide bonds. The molecule has 0 bridgehead atoms. The van der Waals surface area contributed by atoms with Gasteiger partial charge < -0.3 is 10.0 Å². The van der Waals surface area contributed by atoms with Crippen molar-refractivity contribution in [3.8, 4) is 0 Å². The molecule has 0 radical (unpaired) electrons. The van der Waals surface area contributed by atoms with Crippen LogP contribution in [0.15, 0.2) is 36.5 Å². The minimum atomic E-state index is -0.530. The van der Waals surface area contributed by atoms with Crippen LogP contribution in [0, 0.1) is 6.92 Å². The van der Waals surface area contributed by atoms with Crippen LogP contribution in [-0.2, 0) is 6.54 Å². The fourth-order valence-electron chi connectivity index (χ4n) is 2.10. The van der Waals surface area contributed by atoms with Crippen molar-refractivity contribution in [1.82, 2.24) is 9.97 Å². The van der Waals surface area contributed by atoms with Gasteiger partial charge in [-0.3, -0.25) is 9.97 Å². The first-order valence-corrected chi connectivity index (χ1v) is 6.91. The van der Waals surface area contributed by atoms with Gasteiger partial charge in [0, 0.05) is 12.2 Å². The molecule has 0 aliphatic rings. The average Bonchev–Trinajstić information content (AvgIpc) is 2.45. The lowest BCUT2D eigenvalue weighted by molar-refractivity contribution is 0.194. The van der Waals surface area contributed by atoms with E-state index in [1.54, 1.807) is 13.1 Å². The predicted octanol–water partition coefficient (Wildman–Crippen LogP) is 2.86. The summed E-state index contributed by atoms with van der Waals surface area (Å²) in [5.74, 6) is 0. The van der Waals surface area contributed by atoms with Crippen LogP contribution in [0.2, 0.25) is 0 Å². The molecular formula is C16H21N3O. The van der Waals surface area contributed by atoms with E-state index in [9.17, 15) is 5.11 Å². The van der Waals surface area contributed by atoms with E-state index >= 15 is 0 Å². The molecule has 1 atom stereocenters. The molecule has 1 N–H and O–H groups in total. The zero-order chi connectivity index (χ0) is 14.5. The second-order valence-corrected chi connectivity index (χ2v) is 4.90. The second-order valence-electron chi connectivity index (χ2n) is 4.90. The number of aryl methyl sites for hydroxylation is 1. The lowest BCUT2D eigenvalue weighted by atomic mass is 10.2. The van der Waals surface area contributed by atoms with Crippen molar-refractivity contribution in [3.63, 3.8) is 0 Å². The molecule has 0 saturated heterocycles. The standard InChI is InChI=1S/C16H21N3O/c1-4-19(11-14-7-5-6-12(2)18-14)15-8-9-16(13(3)20)17-10-15/h5-10,13,20H,4,11H2,1-3H3/t13-/m0/s1. The number of pyridine rings is 2. The first kappa shape index (κ1) is 14.5. The normalized spacial score (nSPS) is 12.2. The number of aliphatic hydroxyl groups is 1. The molecule has 0 aliphatic heterocycles. The van der Waals surface area contributed by atoms with Gasteiger partial charge in [-0.25, -0.2) is 0 Å². The van der Waals surface area contributed by atoms with Gasteiger partial charge in [0.25, 0.3) is 0 Å². The maximum atomic E-state index is 9.49. The number of hydrogen-bond donors (Lipinski definition) is 1. The van der Waals surface area contributed by atoms with E-state index in [0.717, 1.165) is 30.2 Å². The molecule has 0 fully saturated rings. The van der Waals surface area contributed by atoms with Crippen LogP contribution in [0.5, 0.6) is 0 Å². The van der Waals surface area contributed by atoms with Crippen LogP contribution in [0.25, 0.3) is 0 Å². The summed E-state index contributed by atoms with van der Waals surface area (Å²) < 4.78 is 0. The summed E-state index contributed by atoms with van der Waals surface area (Å²) in [5.41, 5.74) is 3.81. The molecule has 2 rings (SSSR count). The van der Waals surface area contributed by atoms with Crippen molar-refractivity contribution in [3.05, 3.63) is 53.6 Å². The quantitative estimate of drug-likeness (QED) is 0.908. The van der Waals surface area contributed by atoms with Gasteiger partial charge in [-0.05, 0) is 45.0 Å². The van der Waals surface area contributed by atoms with Crippen molar-refractivity contribution in [1.29, 1.82) is 0 Å². The monoisotopic (exact) mass is 271 g/mol. The van der Waals surface area contributed by atoms with Gasteiger partial charge in [-0.2, -0.15) is 0 Å². The van der Waals surface area contributed by atoms with Crippen LogP contribution in [0.4, 0.5) is 5.69 Å². The molecule has 0 aromatic carbocycles. The number of aliphatic hydroxyl groups excluding tert-OH is 1. The van der Waals surface area contributed by atoms with Crippen molar-refractivity contribution in [2.24, 2.45) is 0 Å². The maximum absolute atomic E-state index is 9.49. The van der Waals surface area contributed by atoms with E-state index in [2.05, 4.69) is 21.8 Å². The molecule has 2 heterocycles. The number of nitrogens with zero attached hydrogens (tertiary/aromatic N) is 3. The van der Waals surface area contributed by atoms with Crippen LogP contribution in [-0.4, -0.2) is 21.6 Å². The lowest BCUT2D eigenvalue weighted by Gasteiger charge is -2.22. The van der Waals surface area contributed by atoms with E-state index in [-0.39, 0.29) is 0 Å². The molecule has 0 saturated carbocycles. The molecule has 0 aliphatic carbocycles. The van der Waals surface area contributed by atoms with Gasteiger partial charge >= 0.3 is 0 Å². The zero-order valence-corrected chi connectivity index (χ0v) is 12.2. The van der Waals surface area contributed by atoms with Crippen LogP contribution in [0.1, 0.15) is 37.0 Å². The average molecular weight is 271 g/mol. The van der Waals surface area contributed by atoms with Crippen LogP contribution >= 0.6 is 0 Å². The number of aromatic nitrogens is 2. The second kappa shape index (κ2) is 6.48. The largest absolute Gasteiger partial charge is 0.387 e. The Kier molecular flexibility index (Phi) is 4.69. The van der Waals surface area contributed by atoms with Crippen molar-refractivity contribution < 1.29 is 5.11 Å². The van der Waals surface area contributed by atoms with Gasteiger partial charge in [0.15, 0.2) is 0 Å². The Morgan fingerprint density at radius 1 is 1.25 bits per heavy atom. The van der Waals surface area contributed by atoms with Gasteiger partial charge in [0.1, 0.15) is 0 Å². The van der Waals surface area contributed by atoms with E-state index in [0.29, 0.717) is 5.69 Å². The highest BCUT2D eigenvalue weighted by atomic mass is 16.3. The summed E-state index contributed by atoms with van der Waals surface area (Å²) in [5, 5.41) is 9.49. The van der Waals surface area contributed by atoms with Crippen LogP contribution < -0.4 is 4.90 Å². The van der Waals surface area contributed by atoms with E-state index < -0.39 is 6.10 Å². The highest BCUT2D eigenvalue weighted by Crippen LogP contribution is 2.18. The first-order chi connectivity index (χ1) is 9.60. The molecule has 2 aromatic rings. The highest BCUT2D eigenvalue weighted by molar-refractivity contribution is 5.45. The molecule has 106 valence electrons. The van der Waals surface area contributed by atoms with E-state index in [1.165, 1.54) is 0 Å². The number of rotatable bonds is 5. The lowest BCUT2D eigenvalue weighted by Crippen LogP contribution is -2.23. The number of hydrogen-bond acceptors (Lipinski definition) is 4. The Morgan fingerprint density at radius 3 is 2.60 bits per heavy atom. The Balaban J connectivity index is 2.15. The first-order valence-electron chi connectivity index (χ1n) is 6.91. The summed E-state index contributed by atoms with van der Waals surface area (Å²) in [7, 11) is 0. The van der Waals surface area contributed by atoms with Crippen molar-refractivity contribution in [2.45, 2.75) is 33.4 Å². The Hall–Kier alpha value is -1.94. The Bertz CT molecular complexity index is 552. The van der Waals surface area contributed by atoms with E-state index in [4.69, 9.17) is 0 Å². The summed E-state index contributed by atoms with van der Waals surface area (Å²) in [6, 6.07) is 9.92. The van der Waals surface area contributed by atoms with E-state index in [1.807, 2.05) is 37.3 Å². The van der Waals surface area contributed by atoms with Gasteiger partial charge in [0.05, 0.1) is 35.9 Å². The topological polar surface area (TPSA) is 49.2 Å². The molecule has 4 nitrogen and oxygen atoms in total. The maximum Gasteiger partial charge on any atom is 0.0931 e. The highest BCUT2D eigenvalue weighted by Gasteiger charge is 2.08. The minimum Gasteiger partial charge on any atom is -0.387 e. The summed E-state index contributed by atoms with van der Waals surface area (Å²) in [4.78, 5) is 11.0. The smallest absolute Gasteiger partial charge is 0.0931 e. The zero-order valence-electron chi connectivity index (χ0n) is 12.2. The van der Waals surface area contributed by atoms with Gasteiger partial charge in [0.2, 0.25) is 0 Å². The molecule has 4 heteroatoms. The third-order valence-electron chi connectivity index (χ3n) is 3.24. The third-order valence-corrected chi connectivity index (χ3v) is 3.24. The number of anilines is 1. The third kappa shape index (κ3) is 3.54. The summed E-state index contributed by atoms with van der Waals surface area (Å²) >= 11 is 0. The molecule has 0 unspecified atom stereocenters. The van der Waals surface area contributed by atoms with Crippen molar-refractivity contribution in [2.75, 3.05) is 11.4 Å². The summed E-state index contributed by atoms with van der Waals surface area (Å²) in [6.45, 7) is 7.46. The Morgan fingerprint density at radius 2 is 2.05 bits per heavy atom. The SMILES string of the molecule is CCN(Cc1cccc(C)n1)c1ccc([C@H](C)O)nc1. The fraction of sp³-hybridized carbons (Fsp3) is 0.375. The molecule has 0 spiro atoms. The van der Waals surface area contributed by atoms with Gasteiger partial charge in [-0.1, -0.05) is 6.07 Å².